The summed E-state index contributed by atoms with van der Waals surface area (Å²) in [7, 11) is 0. The third kappa shape index (κ3) is 6.76. The first-order valence-corrected chi connectivity index (χ1v) is 10.8. The van der Waals surface area contributed by atoms with Crippen LogP contribution in [0, 0.1) is 10.1 Å². The van der Waals surface area contributed by atoms with Crippen molar-refractivity contribution in [2.75, 3.05) is 5.32 Å². The van der Waals surface area contributed by atoms with Gasteiger partial charge in [0, 0.05) is 23.4 Å². The zero-order valence-electron chi connectivity index (χ0n) is 18.6. The maximum Gasteiger partial charge on any atom is 0.416 e. The van der Waals surface area contributed by atoms with Gasteiger partial charge in [0.2, 0.25) is 0 Å². The normalized spacial score (nSPS) is 11.1. The Hall–Kier alpha value is -4.58. The van der Waals surface area contributed by atoms with E-state index in [2.05, 4.69) is 10.4 Å². The Morgan fingerprint density at radius 1 is 1.03 bits per heavy atom. The third-order valence-electron chi connectivity index (χ3n) is 4.81. The van der Waals surface area contributed by atoms with E-state index in [0.29, 0.717) is 10.8 Å². The SMILES string of the molecule is O=C(Nc1cc(Oc2cccc(C(F)(F)F)c2)cc([N+](=O)[O-])c1)c1ccn(COc2ccc(Cl)cc2)n1. The largest absolute Gasteiger partial charge is 0.471 e. The van der Waals surface area contributed by atoms with Crippen LogP contribution in [0.2, 0.25) is 5.02 Å². The molecule has 4 aromatic rings. The molecule has 3 aromatic carbocycles. The number of hydrogen-bond acceptors (Lipinski definition) is 6. The van der Waals surface area contributed by atoms with Gasteiger partial charge in [-0.3, -0.25) is 14.9 Å². The summed E-state index contributed by atoms with van der Waals surface area (Å²) in [5.41, 5.74) is -1.42. The fraction of sp³-hybridized carbons (Fsp3) is 0.0833. The predicted octanol–water partition coefficient (Wildman–Crippen LogP) is 6.54. The quantitative estimate of drug-likeness (QED) is 0.204. The standard InChI is InChI=1S/C24H16ClF3N4O5/c25-16-4-6-19(7-5-16)36-14-31-9-8-22(30-31)23(33)29-17-11-18(32(34)35)13-21(12-17)37-20-3-1-2-15(10-20)24(26,27)28/h1-13H,14H2,(H,29,33). The van der Waals surface area contributed by atoms with E-state index in [1.54, 1.807) is 24.3 Å². The third-order valence-corrected chi connectivity index (χ3v) is 5.06. The van der Waals surface area contributed by atoms with Crippen molar-refractivity contribution in [1.29, 1.82) is 0 Å². The first-order valence-electron chi connectivity index (χ1n) is 10.4. The number of nitro groups is 1. The van der Waals surface area contributed by atoms with E-state index in [1.165, 1.54) is 29.1 Å². The van der Waals surface area contributed by atoms with Gasteiger partial charge in [0.05, 0.1) is 22.2 Å². The zero-order valence-corrected chi connectivity index (χ0v) is 19.4. The molecular weight excluding hydrogens is 517 g/mol. The lowest BCUT2D eigenvalue weighted by molar-refractivity contribution is -0.384. The fourth-order valence-corrected chi connectivity index (χ4v) is 3.24. The minimum absolute atomic E-state index is 0.000693. The molecule has 1 N–H and O–H groups in total. The van der Waals surface area contributed by atoms with Crippen LogP contribution in [0.1, 0.15) is 16.1 Å². The number of nitro benzene ring substituents is 1. The van der Waals surface area contributed by atoms with Gasteiger partial charge >= 0.3 is 6.18 Å². The second-order valence-corrected chi connectivity index (χ2v) is 7.96. The molecule has 9 nitrogen and oxygen atoms in total. The molecule has 0 bridgehead atoms. The van der Waals surface area contributed by atoms with Crippen LogP contribution < -0.4 is 14.8 Å². The number of nitrogens with zero attached hydrogens (tertiary/aromatic N) is 3. The first kappa shape index (κ1) is 25.5. The van der Waals surface area contributed by atoms with Gasteiger partial charge in [-0.15, -0.1) is 0 Å². The van der Waals surface area contributed by atoms with Gasteiger partial charge in [-0.05, 0) is 48.5 Å². The molecule has 13 heteroatoms. The summed E-state index contributed by atoms with van der Waals surface area (Å²) < 4.78 is 51.3. The van der Waals surface area contributed by atoms with E-state index in [9.17, 15) is 28.1 Å². The maximum absolute atomic E-state index is 13.0. The van der Waals surface area contributed by atoms with Gasteiger partial charge in [0.1, 0.15) is 17.2 Å². The van der Waals surface area contributed by atoms with Crippen molar-refractivity contribution in [3.05, 3.63) is 105 Å². The number of hydrogen-bond donors (Lipinski definition) is 1. The average molecular weight is 533 g/mol. The summed E-state index contributed by atoms with van der Waals surface area (Å²) >= 11 is 5.83. The van der Waals surface area contributed by atoms with Crippen molar-refractivity contribution in [3.8, 4) is 17.2 Å². The predicted molar refractivity (Wildman–Crippen MR) is 127 cm³/mol. The molecule has 37 heavy (non-hydrogen) atoms. The van der Waals surface area contributed by atoms with Gasteiger partial charge in [-0.25, -0.2) is 4.68 Å². The molecule has 0 spiro atoms. The number of ether oxygens (including phenoxy) is 2. The number of anilines is 1. The zero-order chi connectivity index (χ0) is 26.6. The number of aromatic nitrogens is 2. The van der Waals surface area contributed by atoms with E-state index in [-0.39, 0.29) is 29.6 Å². The van der Waals surface area contributed by atoms with Gasteiger partial charge in [0.15, 0.2) is 12.4 Å². The molecule has 1 heterocycles. The Morgan fingerprint density at radius 3 is 2.49 bits per heavy atom. The minimum Gasteiger partial charge on any atom is -0.471 e. The Kier molecular flexibility index (Phi) is 7.30. The maximum atomic E-state index is 13.0. The molecule has 0 saturated carbocycles. The fourth-order valence-electron chi connectivity index (χ4n) is 3.11. The van der Waals surface area contributed by atoms with Crippen LogP contribution >= 0.6 is 11.6 Å². The molecule has 0 aliphatic rings. The monoisotopic (exact) mass is 532 g/mol. The van der Waals surface area contributed by atoms with Crippen LogP contribution in [-0.2, 0) is 12.9 Å². The minimum atomic E-state index is -4.59. The van der Waals surface area contributed by atoms with Crippen LogP contribution in [0.25, 0.3) is 0 Å². The molecule has 0 fully saturated rings. The number of carbonyl (C=O) groups excluding carboxylic acids is 1. The van der Waals surface area contributed by atoms with Crippen molar-refractivity contribution < 1.29 is 32.4 Å². The summed E-state index contributed by atoms with van der Waals surface area (Å²) in [5, 5.41) is 18.5. The molecule has 190 valence electrons. The van der Waals surface area contributed by atoms with Crippen LogP contribution in [0.15, 0.2) is 79.0 Å². The number of halogens is 4. The molecule has 1 amide bonds. The molecule has 0 aliphatic heterocycles. The van der Waals surface area contributed by atoms with Gasteiger partial charge < -0.3 is 14.8 Å². The number of carbonyl (C=O) groups is 1. The van der Waals surface area contributed by atoms with E-state index in [4.69, 9.17) is 21.1 Å². The summed E-state index contributed by atoms with van der Waals surface area (Å²) in [5.74, 6) is -0.482. The molecular formula is C24H16ClF3N4O5. The molecule has 0 aliphatic carbocycles. The van der Waals surface area contributed by atoms with Gasteiger partial charge in [0.25, 0.3) is 11.6 Å². The number of alkyl halides is 3. The molecule has 4 rings (SSSR count). The van der Waals surface area contributed by atoms with Crippen LogP contribution in [-0.4, -0.2) is 20.6 Å². The highest BCUT2D eigenvalue weighted by atomic mass is 35.5. The van der Waals surface area contributed by atoms with Crippen molar-refractivity contribution in [2.45, 2.75) is 12.9 Å². The molecule has 0 saturated heterocycles. The lowest BCUT2D eigenvalue weighted by Crippen LogP contribution is -2.14. The van der Waals surface area contributed by atoms with E-state index >= 15 is 0 Å². The average Bonchev–Trinajstić information content (AvgIpc) is 3.32. The van der Waals surface area contributed by atoms with Crippen molar-refractivity contribution in [1.82, 2.24) is 9.78 Å². The van der Waals surface area contributed by atoms with E-state index in [0.717, 1.165) is 30.3 Å². The second kappa shape index (κ2) is 10.6. The second-order valence-electron chi connectivity index (χ2n) is 7.52. The molecule has 1 aromatic heterocycles. The van der Waals surface area contributed by atoms with Crippen LogP contribution in [0.3, 0.4) is 0 Å². The van der Waals surface area contributed by atoms with E-state index in [1.807, 2.05) is 0 Å². The summed E-state index contributed by atoms with van der Waals surface area (Å²) in [6, 6.07) is 15.4. The highest BCUT2D eigenvalue weighted by Gasteiger charge is 2.30. The van der Waals surface area contributed by atoms with Crippen molar-refractivity contribution in [3.63, 3.8) is 0 Å². The first-order chi connectivity index (χ1) is 17.6. The Balaban J connectivity index is 1.47. The highest BCUT2D eigenvalue weighted by molar-refractivity contribution is 6.30. The number of rotatable bonds is 8. The molecule has 0 radical (unpaired) electrons. The topological polar surface area (TPSA) is 109 Å². The highest BCUT2D eigenvalue weighted by Crippen LogP contribution is 2.34. The van der Waals surface area contributed by atoms with Crippen molar-refractivity contribution in [2.24, 2.45) is 0 Å². The summed E-state index contributed by atoms with van der Waals surface area (Å²) in [6.45, 7) is 0.000693. The Morgan fingerprint density at radius 2 is 1.78 bits per heavy atom. The smallest absolute Gasteiger partial charge is 0.416 e. The van der Waals surface area contributed by atoms with Gasteiger partial charge in [-0.1, -0.05) is 17.7 Å². The summed E-state index contributed by atoms with van der Waals surface area (Å²) in [4.78, 5) is 23.3. The number of benzene rings is 3. The van der Waals surface area contributed by atoms with Crippen molar-refractivity contribution >= 4 is 28.9 Å². The molecule has 0 atom stereocenters. The summed E-state index contributed by atoms with van der Waals surface area (Å²) in [6.07, 6.45) is -3.09. The lowest BCUT2D eigenvalue weighted by Gasteiger charge is -2.11. The number of amides is 1. The number of non-ortho nitro benzene ring substituents is 1. The molecule has 0 unspecified atom stereocenters. The number of nitrogens with one attached hydrogen (secondary N) is 1. The van der Waals surface area contributed by atoms with Crippen LogP contribution in [0.5, 0.6) is 17.2 Å². The van der Waals surface area contributed by atoms with Crippen LogP contribution in [0.4, 0.5) is 24.5 Å². The Labute approximate surface area is 212 Å². The lowest BCUT2D eigenvalue weighted by atomic mass is 10.2. The Bertz CT molecular complexity index is 1440. The van der Waals surface area contributed by atoms with Gasteiger partial charge in [-0.2, -0.15) is 18.3 Å². The van der Waals surface area contributed by atoms with E-state index < -0.39 is 28.3 Å².